The Morgan fingerprint density at radius 2 is 2.04 bits per heavy atom. The lowest BCUT2D eigenvalue weighted by Crippen LogP contribution is -2.39. The van der Waals surface area contributed by atoms with E-state index >= 15 is 0 Å². The first-order valence-corrected chi connectivity index (χ1v) is 8.94. The molecule has 5 heteroatoms. The molecule has 1 fully saturated rings. The van der Waals surface area contributed by atoms with E-state index in [1.807, 2.05) is 42.5 Å². The number of carbonyl (C=O) groups is 1. The average Bonchev–Trinajstić information content (AvgIpc) is 2.71. The second kappa shape index (κ2) is 9.36. The summed E-state index contributed by atoms with van der Waals surface area (Å²) >= 11 is 0. The van der Waals surface area contributed by atoms with Crippen LogP contribution in [0.15, 0.2) is 48.5 Å². The highest BCUT2D eigenvalue weighted by Crippen LogP contribution is 2.17. The summed E-state index contributed by atoms with van der Waals surface area (Å²) in [6.45, 7) is 2.19. The Morgan fingerprint density at radius 1 is 1.15 bits per heavy atom. The van der Waals surface area contributed by atoms with Gasteiger partial charge in [-0.05, 0) is 42.2 Å². The molecule has 0 radical (unpaired) electrons. The molecule has 2 aromatic rings. The Hall–Kier alpha value is -2.37. The van der Waals surface area contributed by atoms with Gasteiger partial charge in [-0.1, -0.05) is 30.3 Å². The van der Waals surface area contributed by atoms with Gasteiger partial charge in [0.05, 0.1) is 33.0 Å². The molecule has 1 saturated heterocycles. The van der Waals surface area contributed by atoms with Crippen LogP contribution in [0.5, 0.6) is 5.75 Å². The molecule has 0 aromatic heterocycles. The Morgan fingerprint density at radius 3 is 2.85 bits per heavy atom. The van der Waals surface area contributed by atoms with Gasteiger partial charge in [-0.25, -0.2) is 0 Å². The van der Waals surface area contributed by atoms with E-state index < -0.39 is 0 Å². The van der Waals surface area contributed by atoms with Crippen LogP contribution in [0, 0.1) is 0 Å². The van der Waals surface area contributed by atoms with Crippen LogP contribution in [0.2, 0.25) is 0 Å². The number of methoxy groups -OCH3 is 1. The number of amides is 1. The summed E-state index contributed by atoms with van der Waals surface area (Å²) in [5.74, 6) is 0.781. The maximum atomic E-state index is 12.6. The highest BCUT2D eigenvalue weighted by atomic mass is 16.6. The molecule has 0 saturated carbocycles. The minimum absolute atomic E-state index is 0.0691. The van der Waals surface area contributed by atoms with Gasteiger partial charge in [-0.3, -0.25) is 4.79 Å². The van der Waals surface area contributed by atoms with E-state index in [-0.39, 0.29) is 12.0 Å². The summed E-state index contributed by atoms with van der Waals surface area (Å²) in [6, 6.07) is 15.8. The first kappa shape index (κ1) is 18.4. The quantitative estimate of drug-likeness (QED) is 0.830. The second-order valence-electron chi connectivity index (χ2n) is 6.29. The molecule has 1 unspecified atom stereocenters. The predicted octanol–water partition coefficient (Wildman–Crippen LogP) is 2.63. The Kier molecular flexibility index (Phi) is 6.63. The van der Waals surface area contributed by atoms with Gasteiger partial charge in [0.2, 0.25) is 0 Å². The van der Waals surface area contributed by atoms with Crippen molar-refractivity contribution in [3.05, 3.63) is 65.2 Å². The van der Waals surface area contributed by atoms with E-state index in [9.17, 15) is 4.79 Å². The SMILES string of the molecule is COc1cccc(CCc2ccccc2C(=O)NCC2COCCO2)c1. The summed E-state index contributed by atoms with van der Waals surface area (Å²) in [5, 5.41) is 2.96. The molecule has 1 amide bonds. The van der Waals surface area contributed by atoms with Crippen molar-refractivity contribution in [3.8, 4) is 5.75 Å². The minimum Gasteiger partial charge on any atom is -0.497 e. The lowest BCUT2D eigenvalue weighted by molar-refractivity contribution is -0.0855. The molecular formula is C21H25NO4. The van der Waals surface area contributed by atoms with Crippen LogP contribution in [0.4, 0.5) is 0 Å². The minimum atomic E-state index is -0.0726. The van der Waals surface area contributed by atoms with Gasteiger partial charge in [0.15, 0.2) is 0 Å². The number of hydrogen-bond donors (Lipinski definition) is 1. The van der Waals surface area contributed by atoms with Crippen molar-refractivity contribution in [1.29, 1.82) is 0 Å². The van der Waals surface area contributed by atoms with E-state index in [0.29, 0.717) is 31.9 Å². The maximum Gasteiger partial charge on any atom is 0.251 e. The van der Waals surface area contributed by atoms with Gasteiger partial charge < -0.3 is 19.5 Å². The monoisotopic (exact) mass is 355 g/mol. The van der Waals surface area contributed by atoms with E-state index in [4.69, 9.17) is 14.2 Å². The van der Waals surface area contributed by atoms with E-state index in [2.05, 4.69) is 11.4 Å². The number of nitrogens with one attached hydrogen (secondary N) is 1. The van der Waals surface area contributed by atoms with Crippen molar-refractivity contribution in [2.75, 3.05) is 33.5 Å². The maximum absolute atomic E-state index is 12.6. The summed E-state index contributed by atoms with van der Waals surface area (Å²) in [4.78, 5) is 12.6. The largest absolute Gasteiger partial charge is 0.497 e. The normalized spacial score (nSPS) is 16.9. The van der Waals surface area contributed by atoms with Gasteiger partial charge in [-0.15, -0.1) is 0 Å². The Balaban J connectivity index is 1.60. The smallest absolute Gasteiger partial charge is 0.251 e. The van der Waals surface area contributed by atoms with E-state index in [1.54, 1.807) is 7.11 Å². The summed E-state index contributed by atoms with van der Waals surface area (Å²) in [5.41, 5.74) is 2.94. The molecule has 1 atom stereocenters. The Labute approximate surface area is 154 Å². The molecule has 3 rings (SSSR count). The predicted molar refractivity (Wildman–Crippen MR) is 99.7 cm³/mol. The van der Waals surface area contributed by atoms with Crippen molar-refractivity contribution in [3.63, 3.8) is 0 Å². The highest BCUT2D eigenvalue weighted by molar-refractivity contribution is 5.95. The fraction of sp³-hybridized carbons (Fsp3) is 0.381. The molecule has 26 heavy (non-hydrogen) atoms. The molecule has 1 aliphatic heterocycles. The van der Waals surface area contributed by atoms with Crippen LogP contribution in [0.3, 0.4) is 0 Å². The molecule has 0 spiro atoms. The molecule has 1 aliphatic rings. The van der Waals surface area contributed by atoms with Crippen LogP contribution in [0.1, 0.15) is 21.5 Å². The lowest BCUT2D eigenvalue weighted by atomic mass is 9.99. The zero-order valence-corrected chi connectivity index (χ0v) is 15.1. The summed E-state index contributed by atoms with van der Waals surface area (Å²) in [7, 11) is 1.67. The molecule has 138 valence electrons. The van der Waals surface area contributed by atoms with Crippen LogP contribution in [-0.2, 0) is 22.3 Å². The zero-order valence-electron chi connectivity index (χ0n) is 15.1. The van der Waals surface area contributed by atoms with Crippen LogP contribution in [-0.4, -0.2) is 45.5 Å². The summed E-state index contributed by atoms with van der Waals surface area (Å²) < 4.78 is 16.2. The first-order valence-electron chi connectivity index (χ1n) is 8.94. The number of benzene rings is 2. The second-order valence-corrected chi connectivity index (χ2v) is 6.29. The number of aryl methyl sites for hydroxylation is 2. The fourth-order valence-corrected chi connectivity index (χ4v) is 3.02. The molecule has 1 heterocycles. The molecular weight excluding hydrogens is 330 g/mol. The molecule has 5 nitrogen and oxygen atoms in total. The van der Waals surface area contributed by atoms with Gasteiger partial charge in [0.25, 0.3) is 5.91 Å². The number of hydrogen-bond acceptors (Lipinski definition) is 4. The number of rotatable bonds is 7. The Bertz CT molecular complexity index is 725. The summed E-state index contributed by atoms with van der Waals surface area (Å²) in [6.07, 6.45) is 1.57. The van der Waals surface area contributed by atoms with Crippen molar-refractivity contribution < 1.29 is 19.0 Å². The van der Waals surface area contributed by atoms with Crippen LogP contribution >= 0.6 is 0 Å². The number of carbonyl (C=O) groups excluding carboxylic acids is 1. The third-order valence-corrected chi connectivity index (χ3v) is 4.45. The van der Waals surface area contributed by atoms with Crippen molar-refractivity contribution in [2.45, 2.75) is 18.9 Å². The van der Waals surface area contributed by atoms with E-state index in [1.165, 1.54) is 5.56 Å². The zero-order chi connectivity index (χ0) is 18.2. The third-order valence-electron chi connectivity index (χ3n) is 4.45. The first-order chi connectivity index (χ1) is 12.8. The lowest BCUT2D eigenvalue weighted by Gasteiger charge is -2.23. The highest BCUT2D eigenvalue weighted by Gasteiger charge is 2.17. The molecule has 1 N–H and O–H groups in total. The molecule has 0 bridgehead atoms. The standard InChI is InChI=1S/C21H25NO4/c1-24-18-7-4-5-16(13-18)9-10-17-6-2-3-8-20(17)21(23)22-14-19-15-25-11-12-26-19/h2-8,13,19H,9-12,14-15H2,1H3,(H,22,23). The third kappa shape index (κ3) is 5.07. The van der Waals surface area contributed by atoms with Crippen molar-refractivity contribution in [2.24, 2.45) is 0 Å². The van der Waals surface area contributed by atoms with Gasteiger partial charge in [0, 0.05) is 12.1 Å². The van der Waals surface area contributed by atoms with Gasteiger partial charge in [0.1, 0.15) is 5.75 Å². The topological polar surface area (TPSA) is 56.8 Å². The van der Waals surface area contributed by atoms with Gasteiger partial charge >= 0.3 is 0 Å². The fourth-order valence-electron chi connectivity index (χ4n) is 3.02. The number of ether oxygens (including phenoxy) is 3. The molecule has 0 aliphatic carbocycles. The van der Waals surface area contributed by atoms with E-state index in [0.717, 1.165) is 24.2 Å². The van der Waals surface area contributed by atoms with Crippen molar-refractivity contribution >= 4 is 5.91 Å². The average molecular weight is 355 g/mol. The van der Waals surface area contributed by atoms with Gasteiger partial charge in [-0.2, -0.15) is 0 Å². The van der Waals surface area contributed by atoms with Crippen LogP contribution < -0.4 is 10.1 Å². The van der Waals surface area contributed by atoms with Crippen LogP contribution in [0.25, 0.3) is 0 Å². The van der Waals surface area contributed by atoms with Crippen molar-refractivity contribution in [1.82, 2.24) is 5.32 Å². The molecule has 2 aromatic carbocycles.